The van der Waals surface area contributed by atoms with Crippen molar-refractivity contribution in [1.29, 1.82) is 0 Å². The Balaban J connectivity index is 0.00000320. The molecule has 2 aromatic carbocycles. The zero-order chi connectivity index (χ0) is 21.2. The molecule has 0 amide bonds. The Morgan fingerprint density at radius 2 is 1.13 bits per heavy atom. The first kappa shape index (κ1) is 24.1. The Morgan fingerprint density at radius 3 is 1.47 bits per heavy atom. The minimum atomic E-state index is -3.21. The number of halogens is 1. The summed E-state index contributed by atoms with van der Waals surface area (Å²) in [4.78, 5) is 25.6. The number of hydrogen-bond acceptors (Lipinski definition) is 4. The first-order valence-corrected chi connectivity index (χ1v) is 11.6. The van der Waals surface area contributed by atoms with Crippen LogP contribution in [0.3, 0.4) is 0 Å². The number of allylic oxidation sites excluding steroid dienone is 4. The van der Waals surface area contributed by atoms with Gasteiger partial charge in [-0.3, -0.25) is 0 Å². The van der Waals surface area contributed by atoms with Crippen LogP contribution in [0.25, 0.3) is 0 Å². The Hall–Kier alpha value is -2.14. The van der Waals surface area contributed by atoms with Crippen LogP contribution in [-0.2, 0) is 25.3 Å². The summed E-state index contributed by atoms with van der Waals surface area (Å²) in [6.07, 6.45) is 0. The molecule has 0 spiro atoms. The van der Waals surface area contributed by atoms with Crippen LogP contribution < -0.4 is 0 Å². The van der Waals surface area contributed by atoms with Gasteiger partial charge in [-0.15, -0.1) is 12.4 Å². The third kappa shape index (κ3) is 4.78. The summed E-state index contributed by atoms with van der Waals surface area (Å²) >= 11 is -3.21. The first-order chi connectivity index (χ1) is 13.7. The summed E-state index contributed by atoms with van der Waals surface area (Å²) in [6, 6.07) is 17.6. The Labute approximate surface area is 191 Å². The maximum absolute atomic E-state index is 12.8. The molecule has 0 saturated heterocycles. The summed E-state index contributed by atoms with van der Waals surface area (Å²) in [6.45, 7) is 10.4. The molecule has 6 heteroatoms. The van der Waals surface area contributed by atoms with E-state index in [0.29, 0.717) is 11.1 Å². The summed E-state index contributed by atoms with van der Waals surface area (Å²) in [5.74, 6) is -0.917. The Bertz CT molecular complexity index is 941. The number of carbonyl (C=O) groups excluding carboxylic acids is 2. The first-order valence-electron chi connectivity index (χ1n) is 9.55. The van der Waals surface area contributed by atoms with Crippen molar-refractivity contribution in [2.75, 3.05) is 0 Å². The summed E-state index contributed by atoms with van der Waals surface area (Å²) in [5.41, 5.74) is 4.01. The second-order valence-corrected chi connectivity index (χ2v) is 9.99. The molecule has 30 heavy (non-hydrogen) atoms. The van der Waals surface area contributed by atoms with Gasteiger partial charge in [-0.05, 0) is 0 Å². The molecule has 1 aliphatic carbocycles. The average molecular weight is 462 g/mol. The molecule has 4 nitrogen and oxygen atoms in total. The monoisotopic (exact) mass is 461 g/mol. The fraction of sp³-hybridized carbons (Fsp3) is 0.250. The van der Waals surface area contributed by atoms with Gasteiger partial charge in [-0.1, -0.05) is 0 Å². The summed E-state index contributed by atoms with van der Waals surface area (Å²) in [7, 11) is 0. The minimum absolute atomic E-state index is 0. The molecule has 0 fully saturated rings. The fourth-order valence-electron chi connectivity index (χ4n) is 3.56. The number of rotatable bonds is 5. The summed E-state index contributed by atoms with van der Waals surface area (Å²) < 4.78 is 12.8. The van der Waals surface area contributed by atoms with Crippen molar-refractivity contribution < 1.29 is 34.9 Å². The second-order valence-electron chi connectivity index (χ2n) is 7.67. The topological polar surface area (TPSA) is 52.6 Å². The van der Waals surface area contributed by atoms with Gasteiger partial charge in [0.05, 0.1) is 0 Å². The Morgan fingerprint density at radius 1 is 0.733 bits per heavy atom. The molecule has 0 atom stereocenters. The van der Waals surface area contributed by atoms with E-state index in [1.165, 1.54) is 11.1 Å². The van der Waals surface area contributed by atoms with Gasteiger partial charge < -0.3 is 0 Å². The average Bonchev–Trinajstić information content (AvgIpc) is 2.87. The predicted molar refractivity (Wildman–Crippen MR) is 116 cm³/mol. The third-order valence-electron chi connectivity index (χ3n) is 5.66. The number of benzene rings is 2. The molecular formula is C24H26ClO4Ti. The van der Waals surface area contributed by atoms with E-state index in [9.17, 15) is 9.59 Å². The van der Waals surface area contributed by atoms with Crippen LogP contribution in [0.15, 0.2) is 81.3 Å². The molecule has 0 heterocycles. The SMILES string of the molecule is CC1=C(C)C(C)(C)[C]([Ti]([O]C(=O)c2ccccc2)[O]C(=O)c2ccccc2)=C1C.Cl. The van der Waals surface area contributed by atoms with Crippen molar-refractivity contribution in [1.82, 2.24) is 0 Å². The second kappa shape index (κ2) is 9.78. The molecule has 0 saturated carbocycles. The Kier molecular flexibility index (Phi) is 7.87. The van der Waals surface area contributed by atoms with E-state index in [1.807, 2.05) is 19.1 Å². The standard InChI is InChI=1S/C10H15.2C7H6O2.ClH.Ti/c1-7-6-10(4,5)9(3)8(7)2;2*8-7(9)6-4-2-1-3-5-6;;/h1-5H3;2*1-5H,(H,8,9);1H;/q;;;;+2/p-2. The number of hydrogen-bond donors (Lipinski definition) is 0. The largest absolute Gasteiger partial charge is 0.147 e. The van der Waals surface area contributed by atoms with Crippen LogP contribution >= 0.6 is 12.4 Å². The third-order valence-corrected chi connectivity index (χ3v) is 9.01. The maximum atomic E-state index is 12.8. The van der Waals surface area contributed by atoms with Gasteiger partial charge in [-0.25, -0.2) is 0 Å². The quantitative estimate of drug-likeness (QED) is 0.496. The molecule has 3 rings (SSSR count). The molecule has 0 N–H and O–H groups in total. The van der Waals surface area contributed by atoms with Gasteiger partial charge in [0.2, 0.25) is 0 Å². The smallest absolute Gasteiger partial charge is 0.147 e. The van der Waals surface area contributed by atoms with Crippen LogP contribution in [0.1, 0.15) is 55.3 Å². The normalized spacial score (nSPS) is 14.8. The van der Waals surface area contributed by atoms with Crippen LogP contribution in [0.2, 0.25) is 0 Å². The van der Waals surface area contributed by atoms with Crippen molar-refractivity contribution in [3.05, 3.63) is 92.4 Å². The zero-order valence-electron chi connectivity index (χ0n) is 17.8. The van der Waals surface area contributed by atoms with Gasteiger partial charge in [0, 0.05) is 0 Å². The van der Waals surface area contributed by atoms with Crippen LogP contribution in [0.5, 0.6) is 0 Å². The molecule has 1 aliphatic rings. The van der Waals surface area contributed by atoms with Gasteiger partial charge in [0.25, 0.3) is 0 Å². The summed E-state index contributed by atoms with van der Waals surface area (Å²) in [5, 5.41) is 0. The van der Waals surface area contributed by atoms with Crippen LogP contribution in [0, 0.1) is 5.41 Å². The van der Waals surface area contributed by atoms with E-state index in [-0.39, 0.29) is 17.8 Å². The van der Waals surface area contributed by atoms with Gasteiger partial charge in [0.15, 0.2) is 0 Å². The van der Waals surface area contributed by atoms with Crippen LogP contribution in [0.4, 0.5) is 0 Å². The fourth-order valence-corrected chi connectivity index (χ4v) is 6.70. The van der Waals surface area contributed by atoms with Crippen molar-refractivity contribution in [2.45, 2.75) is 34.6 Å². The van der Waals surface area contributed by atoms with Crippen molar-refractivity contribution in [3.8, 4) is 0 Å². The van der Waals surface area contributed by atoms with Crippen molar-refractivity contribution in [3.63, 3.8) is 0 Å². The molecule has 0 radical (unpaired) electrons. The van der Waals surface area contributed by atoms with Gasteiger partial charge in [0.1, 0.15) is 0 Å². The van der Waals surface area contributed by atoms with E-state index in [0.717, 1.165) is 9.45 Å². The molecule has 157 valence electrons. The molecule has 0 aromatic heterocycles. The van der Waals surface area contributed by atoms with Gasteiger partial charge in [-0.2, -0.15) is 0 Å². The van der Waals surface area contributed by atoms with E-state index in [4.69, 9.17) is 6.64 Å². The van der Waals surface area contributed by atoms with Crippen molar-refractivity contribution >= 4 is 24.3 Å². The predicted octanol–water partition coefficient (Wildman–Crippen LogP) is 6.22. The molecule has 0 bridgehead atoms. The molecule has 2 aromatic rings. The molecular weight excluding hydrogens is 436 g/mol. The minimum Gasteiger partial charge on any atom is -0.147 e. The molecule has 0 aliphatic heterocycles. The van der Waals surface area contributed by atoms with E-state index >= 15 is 0 Å². The number of carbonyl (C=O) groups is 2. The van der Waals surface area contributed by atoms with Gasteiger partial charge >= 0.3 is 179 Å². The van der Waals surface area contributed by atoms with E-state index in [2.05, 4.69) is 27.7 Å². The van der Waals surface area contributed by atoms with E-state index < -0.39 is 30.6 Å². The maximum Gasteiger partial charge on any atom is -0.147 e. The van der Waals surface area contributed by atoms with Crippen LogP contribution in [-0.4, -0.2) is 11.9 Å². The zero-order valence-corrected chi connectivity index (χ0v) is 20.2. The van der Waals surface area contributed by atoms with Crippen molar-refractivity contribution in [2.24, 2.45) is 5.41 Å². The molecule has 0 unspecified atom stereocenters. The van der Waals surface area contributed by atoms with E-state index in [1.54, 1.807) is 48.5 Å².